The molecule has 11 heavy (non-hydrogen) atoms. The number of hydrogen-bond donors (Lipinski definition) is 1. The Morgan fingerprint density at radius 1 is 1.55 bits per heavy atom. The minimum atomic E-state index is 0.684. The van der Waals surface area contributed by atoms with E-state index in [9.17, 15) is 0 Å². The SMILES string of the molecule is C=CCOCCCNC1CC1. The quantitative estimate of drug-likeness (QED) is 0.442. The predicted octanol–water partition coefficient (Wildman–Crippen LogP) is 1.33. The highest BCUT2D eigenvalue weighted by Crippen LogP contribution is 2.18. The summed E-state index contributed by atoms with van der Waals surface area (Å²) in [6, 6.07) is 0.828. The second-order valence-electron chi connectivity index (χ2n) is 2.95. The summed E-state index contributed by atoms with van der Waals surface area (Å²) in [5, 5.41) is 3.43. The van der Waals surface area contributed by atoms with Crippen LogP contribution in [0, 0.1) is 0 Å². The van der Waals surface area contributed by atoms with Crippen LogP contribution in [-0.4, -0.2) is 25.8 Å². The zero-order valence-corrected chi connectivity index (χ0v) is 7.01. The maximum Gasteiger partial charge on any atom is 0.0644 e. The van der Waals surface area contributed by atoms with Gasteiger partial charge in [0.25, 0.3) is 0 Å². The third kappa shape index (κ3) is 4.99. The van der Waals surface area contributed by atoms with E-state index in [0.717, 1.165) is 25.6 Å². The molecule has 0 saturated heterocycles. The summed E-state index contributed by atoms with van der Waals surface area (Å²) in [6.45, 7) is 6.21. The maximum atomic E-state index is 5.23. The van der Waals surface area contributed by atoms with Gasteiger partial charge in [-0.05, 0) is 25.8 Å². The second kappa shape index (κ2) is 5.33. The number of hydrogen-bond acceptors (Lipinski definition) is 2. The van der Waals surface area contributed by atoms with Crippen LogP contribution in [0.1, 0.15) is 19.3 Å². The van der Waals surface area contributed by atoms with Gasteiger partial charge in [-0.1, -0.05) is 6.08 Å². The molecule has 1 fully saturated rings. The molecule has 1 aliphatic rings. The first-order chi connectivity index (χ1) is 5.43. The van der Waals surface area contributed by atoms with Crippen LogP contribution in [0.4, 0.5) is 0 Å². The van der Waals surface area contributed by atoms with Crippen molar-refractivity contribution in [3.05, 3.63) is 12.7 Å². The smallest absolute Gasteiger partial charge is 0.0644 e. The lowest BCUT2D eigenvalue weighted by atomic mass is 10.4. The summed E-state index contributed by atoms with van der Waals surface area (Å²) in [6.07, 6.45) is 5.64. The molecule has 64 valence electrons. The van der Waals surface area contributed by atoms with Gasteiger partial charge in [0.05, 0.1) is 6.61 Å². The summed E-state index contributed by atoms with van der Waals surface area (Å²) >= 11 is 0. The summed E-state index contributed by atoms with van der Waals surface area (Å²) in [7, 11) is 0. The minimum absolute atomic E-state index is 0.684. The fraction of sp³-hybridized carbons (Fsp3) is 0.778. The Kier molecular flexibility index (Phi) is 4.24. The Balaban J connectivity index is 1.69. The van der Waals surface area contributed by atoms with Gasteiger partial charge in [-0.25, -0.2) is 0 Å². The average molecular weight is 155 g/mol. The van der Waals surface area contributed by atoms with Gasteiger partial charge >= 0.3 is 0 Å². The van der Waals surface area contributed by atoms with E-state index in [1.807, 2.05) is 0 Å². The van der Waals surface area contributed by atoms with E-state index in [2.05, 4.69) is 11.9 Å². The van der Waals surface area contributed by atoms with Crippen LogP contribution in [0.5, 0.6) is 0 Å². The van der Waals surface area contributed by atoms with Crippen molar-refractivity contribution >= 4 is 0 Å². The van der Waals surface area contributed by atoms with Gasteiger partial charge in [0.15, 0.2) is 0 Å². The molecule has 0 heterocycles. The first-order valence-corrected chi connectivity index (χ1v) is 4.35. The highest BCUT2D eigenvalue weighted by Gasteiger charge is 2.19. The van der Waals surface area contributed by atoms with Crippen molar-refractivity contribution in [3.8, 4) is 0 Å². The molecule has 0 aromatic heterocycles. The van der Waals surface area contributed by atoms with Crippen LogP contribution in [0.15, 0.2) is 12.7 Å². The third-order valence-corrected chi connectivity index (χ3v) is 1.71. The first-order valence-electron chi connectivity index (χ1n) is 4.35. The normalized spacial score (nSPS) is 16.7. The van der Waals surface area contributed by atoms with E-state index >= 15 is 0 Å². The van der Waals surface area contributed by atoms with E-state index in [4.69, 9.17) is 4.74 Å². The molecular weight excluding hydrogens is 138 g/mol. The van der Waals surface area contributed by atoms with Crippen molar-refractivity contribution in [3.63, 3.8) is 0 Å². The van der Waals surface area contributed by atoms with Crippen LogP contribution in [0.3, 0.4) is 0 Å². The molecule has 0 radical (unpaired) electrons. The molecule has 0 bridgehead atoms. The first kappa shape index (κ1) is 8.75. The van der Waals surface area contributed by atoms with Gasteiger partial charge in [-0.15, -0.1) is 6.58 Å². The molecule has 1 saturated carbocycles. The van der Waals surface area contributed by atoms with E-state index < -0.39 is 0 Å². The Labute approximate surface area is 68.6 Å². The minimum Gasteiger partial charge on any atom is -0.377 e. The summed E-state index contributed by atoms with van der Waals surface area (Å²) < 4.78 is 5.23. The van der Waals surface area contributed by atoms with E-state index in [1.54, 1.807) is 6.08 Å². The molecular formula is C9H17NO. The van der Waals surface area contributed by atoms with Crippen molar-refractivity contribution < 1.29 is 4.74 Å². The van der Waals surface area contributed by atoms with Crippen LogP contribution in [-0.2, 0) is 4.74 Å². The number of ether oxygens (including phenoxy) is 1. The van der Waals surface area contributed by atoms with E-state index in [-0.39, 0.29) is 0 Å². The fourth-order valence-electron chi connectivity index (χ4n) is 0.935. The third-order valence-electron chi connectivity index (χ3n) is 1.71. The van der Waals surface area contributed by atoms with Crippen LogP contribution >= 0.6 is 0 Å². The molecule has 2 heteroatoms. The molecule has 0 aromatic carbocycles. The van der Waals surface area contributed by atoms with Gasteiger partial charge in [0.1, 0.15) is 0 Å². The molecule has 0 spiro atoms. The largest absolute Gasteiger partial charge is 0.377 e. The van der Waals surface area contributed by atoms with Crippen molar-refractivity contribution in [1.29, 1.82) is 0 Å². The zero-order valence-electron chi connectivity index (χ0n) is 7.01. The van der Waals surface area contributed by atoms with Gasteiger partial charge in [0.2, 0.25) is 0 Å². The molecule has 0 aliphatic heterocycles. The van der Waals surface area contributed by atoms with Crippen molar-refractivity contribution in [1.82, 2.24) is 5.32 Å². The summed E-state index contributed by atoms with van der Waals surface area (Å²) in [5.41, 5.74) is 0. The number of rotatable bonds is 7. The molecule has 1 aliphatic carbocycles. The Hall–Kier alpha value is -0.340. The molecule has 2 nitrogen and oxygen atoms in total. The lowest BCUT2D eigenvalue weighted by molar-refractivity contribution is 0.159. The van der Waals surface area contributed by atoms with E-state index in [1.165, 1.54) is 12.8 Å². The lowest BCUT2D eigenvalue weighted by Gasteiger charge is -2.01. The van der Waals surface area contributed by atoms with Gasteiger partial charge in [-0.3, -0.25) is 0 Å². The maximum absolute atomic E-state index is 5.23. The summed E-state index contributed by atoms with van der Waals surface area (Å²) in [5.74, 6) is 0. The van der Waals surface area contributed by atoms with Crippen LogP contribution < -0.4 is 5.32 Å². The highest BCUT2D eigenvalue weighted by atomic mass is 16.5. The molecule has 1 rings (SSSR count). The molecule has 0 unspecified atom stereocenters. The summed E-state index contributed by atoms with van der Waals surface area (Å²) in [4.78, 5) is 0. The Bertz CT molecular complexity index is 110. The lowest BCUT2D eigenvalue weighted by Crippen LogP contribution is -2.18. The molecule has 0 atom stereocenters. The van der Waals surface area contributed by atoms with Gasteiger partial charge in [0, 0.05) is 12.6 Å². The zero-order chi connectivity index (χ0) is 7.94. The van der Waals surface area contributed by atoms with Crippen molar-refractivity contribution in [2.75, 3.05) is 19.8 Å². The van der Waals surface area contributed by atoms with Crippen molar-refractivity contribution in [2.45, 2.75) is 25.3 Å². The highest BCUT2D eigenvalue weighted by molar-refractivity contribution is 4.80. The Morgan fingerprint density at radius 2 is 2.36 bits per heavy atom. The average Bonchev–Trinajstić information content (AvgIpc) is 2.80. The molecule has 0 amide bonds. The molecule has 1 N–H and O–H groups in total. The number of nitrogens with one attached hydrogen (secondary N) is 1. The standard InChI is InChI=1S/C9H17NO/c1-2-7-11-8-3-6-10-9-4-5-9/h2,9-10H,1,3-8H2. The second-order valence-corrected chi connectivity index (χ2v) is 2.95. The monoisotopic (exact) mass is 155 g/mol. The van der Waals surface area contributed by atoms with Crippen LogP contribution in [0.25, 0.3) is 0 Å². The van der Waals surface area contributed by atoms with Crippen molar-refractivity contribution in [2.24, 2.45) is 0 Å². The molecule has 0 aromatic rings. The topological polar surface area (TPSA) is 21.3 Å². The fourth-order valence-corrected chi connectivity index (χ4v) is 0.935. The van der Waals surface area contributed by atoms with E-state index in [0.29, 0.717) is 6.61 Å². The predicted molar refractivity (Wildman–Crippen MR) is 46.7 cm³/mol. The Morgan fingerprint density at radius 3 is 3.00 bits per heavy atom. The van der Waals surface area contributed by atoms with Crippen LogP contribution in [0.2, 0.25) is 0 Å². The van der Waals surface area contributed by atoms with Gasteiger partial charge < -0.3 is 10.1 Å². The van der Waals surface area contributed by atoms with Gasteiger partial charge in [-0.2, -0.15) is 0 Å².